The molecule has 0 bridgehead atoms. The minimum atomic E-state index is -4.42. The molecule has 3 aromatic carbocycles. The van der Waals surface area contributed by atoms with Crippen LogP contribution >= 0.6 is 0 Å². The molecule has 1 aliphatic heterocycles. The molecule has 3 N–H and O–H groups in total. The molecule has 1 aromatic heterocycles. The molecule has 0 radical (unpaired) electrons. The normalized spacial score (nSPS) is 20.4. The highest BCUT2D eigenvalue weighted by atomic mass is 32.2. The number of benzene rings is 3. The summed E-state index contributed by atoms with van der Waals surface area (Å²) in [4.78, 5) is 62.3. The van der Waals surface area contributed by atoms with Crippen LogP contribution in [0.15, 0.2) is 96.4 Å². The van der Waals surface area contributed by atoms with Crippen LogP contribution in [0.3, 0.4) is 0 Å². The van der Waals surface area contributed by atoms with Gasteiger partial charge in [0.2, 0.25) is 11.8 Å². The van der Waals surface area contributed by atoms with Crippen LogP contribution < -0.4 is 24.8 Å². The Kier molecular flexibility index (Phi) is 12.2. The van der Waals surface area contributed by atoms with Gasteiger partial charge in [0, 0.05) is 35.4 Å². The zero-order chi connectivity index (χ0) is 44.5. The Hall–Kier alpha value is -6.47. The van der Waals surface area contributed by atoms with Crippen LogP contribution in [0, 0.1) is 22.7 Å². The molecule has 15 nitrogen and oxygen atoms in total. The zero-order valence-electron chi connectivity index (χ0n) is 35.1. The Morgan fingerprint density at radius 2 is 1.69 bits per heavy atom. The molecule has 2 fully saturated rings. The lowest BCUT2D eigenvalue weighted by Gasteiger charge is -2.36. The van der Waals surface area contributed by atoms with Crippen molar-refractivity contribution in [3.8, 4) is 28.8 Å². The van der Waals surface area contributed by atoms with Crippen LogP contribution in [-0.2, 0) is 29.1 Å². The number of alkyl carbamates (subject to hydrolysis) is 1. The number of nitriles is 1. The summed E-state index contributed by atoms with van der Waals surface area (Å²) in [6.45, 7) is 14.1. The molecular weight excluding hydrogens is 801 g/mol. The summed E-state index contributed by atoms with van der Waals surface area (Å²) in [5.74, 6) is -1.97. The van der Waals surface area contributed by atoms with E-state index in [9.17, 15) is 27.6 Å². The van der Waals surface area contributed by atoms with Gasteiger partial charge in [-0.05, 0) is 69.0 Å². The van der Waals surface area contributed by atoms with Crippen LogP contribution in [-0.4, -0.2) is 85.1 Å². The number of aromatic nitrogens is 1. The predicted octanol–water partition coefficient (Wildman–Crippen LogP) is 5.64. The first kappa shape index (κ1) is 44.1. The first-order valence-corrected chi connectivity index (χ1v) is 21.2. The average molecular weight is 851 g/mol. The standard InChI is InChI=1S/C45H50N6O9S/c1-9-29-24-45(29,41(54)50-61(56,57)32-18-15-27(25-46)16-19-32)49-39(52)36-22-31(26-51(36)40(53)38(43(2,3)4)48-42(55)60-44(5,6)7)59-37-23-34(28-13-11-10-12-14-28)47-35-21-30(58-8)17-20-33(35)37/h9-21,23,29,31,36,38H,1,22,24,26H2,2-8H3,(H,48,55)(H,49,52)(H,50,54)/t29-,31-,36+,38-,45-/m1/s1. The van der Waals surface area contributed by atoms with E-state index < -0.39 is 74.5 Å². The summed E-state index contributed by atoms with van der Waals surface area (Å²) >= 11 is 0. The largest absolute Gasteiger partial charge is 0.497 e. The molecule has 1 aliphatic carbocycles. The predicted molar refractivity (Wildman–Crippen MR) is 227 cm³/mol. The number of hydrogen-bond acceptors (Lipinski definition) is 11. The molecule has 0 unspecified atom stereocenters. The topological polar surface area (TPSA) is 206 Å². The summed E-state index contributed by atoms with van der Waals surface area (Å²) in [5.41, 5.74) is -1.21. The Labute approximate surface area is 355 Å². The quantitative estimate of drug-likeness (QED) is 0.149. The molecule has 320 valence electrons. The van der Waals surface area contributed by atoms with Crippen LogP contribution in [0.1, 0.15) is 59.9 Å². The van der Waals surface area contributed by atoms with Crippen LogP contribution in [0.5, 0.6) is 11.5 Å². The van der Waals surface area contributed by atoms with Gasteiger partial charge >= 0.3 is 6.09 Å². The molecule has 5 atom stereocenters. The molecule has 1 saturated heterocycles. The van der Waals surface area contributed by atoms with Crippen molar-refractivity contribution >= 4 is 44.7 Å². The second kappa shape index (κ2) is 16.9. The molecule has 1 saturated carbocycles. The number of nitrogens with zero attached hydrogens (tertiary/aromatic N) is 3. The number of amides is 4. The molecule has 4 aromatic rings. The Balaban J connectivity index is 1.34. The van der Waals surface area contributed by atoms with Crippen molar-refractivity contribution in [1.82, 2.24) is 25.2 Å². The first-order valence-electron chi connectivity index (χ1n) is 19.7. The van der Waals surface area contributed by atoms with Gasteiger partial charge in [-0.15, -0.1) is 6.58 Å². The Morgan fingerprint density at radius 1 is 1.00 bits per heavy atom. The van der Waals surface area contributed by atoms with E-state index in [4.69, 9.17) is 24.5 Å². The maximum absolute atomic E-state index is 14.8. The van der Waals surface area contributed by atoms with Gasteiger partial charge in [0.1, 0.15) is 40.8 Å². The van der Waals surface area contributed by atoms with Crippen molar-refractivity contribution < 1.29 is 41.8 Å². The molecule has 16 heteroatoms. The summed E-state index contributed by atoms with van der Waals surface area (Å²) in [5, 5.41) is 15.3. The lowest BCUT2D eigenvalue weighted by Crippen LogP contribution is -2.60. The van der Waals surface area contributed by atoms with Crippen molar-refractivity contribution in [3.63, 3.8) is 0 Å². The fourth-order valence-electron chi connectivity index (χ4n) is 7.27. The highest BCUT2D eigenvalue weighted by Gasteiger charge is 2.61. The highest BCUT2D eigenvalue weighted by molar-refractivity contribution is 7.90. The van der Waals surface area contributed by atoms with Crippen molar-refractivity contribution in [2.75, 3.05) is 13.7 Å². The van der Waals surface area contributed by atoms with Crippen molar-refractivity contribution in [2.45, 2.75) is 88.6 Å². The smallest absolute Gasteiger partial charge is 0.408 e. The van der Waals surface area contributed by atoms with E-state index in [0.717, 1.165) is 5.56 Å². The number of hydrogen-bond donors (Lipinski definition) is 3. The van der Waals surface area contributed by atoms with Gasteiger partial charge in [-0.25, -0.2) is 22.9 Å². The fourth-order valence-corrected chi connectivity index (χ4v) is 8.31. The van der Waals surface area contributed by atoms with E-state index in [1.165, 1.54) is 35.2 Å². The van der Waals surface area contributed by atoms with Crippen LogP contribution in [0.4, 0.5) is 4.79 Å². The van der Waals surface area contributed by atoms with E-state index in [1.54, 1.807) is 66.9 Å². The molecular formula is C45H50N6O9S. The molecule has 6 rings (SSSR count). The molecule has 61 heavy (non-hydrogen) atoms. The second-order valence-corrected chi connectivity index (χ2v) is 18.9. The van der Waals surface area contributed by atoms with Crippen molar-refractivity contribution in [2.24, 2.45) is 11.3 Å². The van der Waals surface area contributed by atoms with Crippen LogP contribution in [0.2, 0.25) is 0 Å². The van der Waals surface area contributed by atoms with Crippen molar-refractivity contribution in [3.05, 3.63) is 97.1 Å². The van der Waals surface area contributed by atoms with E-state index in [2.05, 4.69) is 21.9 Å². The first-order chi connectivity index (χ1) is 28.7. The summed E-state index contributed by atoms with van der Waals surface area (Å²) in [7, 11) is -2.87. The van der Waals surface area contributed by atoms with E-state index in [0.29, 0.717) is 28.1 Å². The summed E-state index contributed by atoms with van der Waals surface area (Å²) < 4.78 is 46.4. The van der Waals surface area contributed by atoms with E-state index in [1.807, 2.05) is 42.5 Å². The number of sulfonamides is 1. The number of ether oxygens (including phenoxy) is 3. The maximum atomic E-state index is 14.8. The minimum Gasteiger partial charge on any atom is -0.497 e. The number of nitrogens with one attached hydrogen (secondary N) is 3. The molecule has 0 spiro atoms. The van der Waals surface area contributed by atoms with E-state index in [-0.39, 0.29) is 29.8 Å². The third kappa shape index (κ3) is 9.78. The molecule has 2 heterocycles. The Morgan fingerprint density at radius 3 is 2.28 bits per heavy atom. The molecule has 4 amide bonds. The summed E-state index contributed by atoms with van der Waals surface area (Å²) in [6.07, 6.45) is -0.161. The lowest BCUT2D eigenvalue weighted by atomic mass is 9.85. The number of methoxy groups -OCH3 is 1. The monoisotopic (exact) mass is 850 g/mol. The van der Waals surface area contributed by atoms with Gasteiger partial charge < -0.3 is 29.7 Å². The SMILES string of the molecule is C=C[C@@H]1C[C@]1(NC(=O)[C@@H]1C[C@@H](Oc2cc(-c3ccccc3)nc3cc(OC)ccc23)CN1C(=O)[C@@H](NC(=O)OC(C)(C)C)C(C)(C)C)C(=O)NS(=O)(=O)c1ccc(C#N)cc1. The van der Waals surface area contributed by atoms with Gasteiger partial charge in [0.15, 0.2) is 0 Å². The fraction of sp³-hybridized carbons (Fsp3) is 0.378. The van der Waals surface area contributed by atoms with E-state index >= 15 is 0 Å². The molecule has 2 aliphatic rings. The maximum Gasteiger partial charge on any atom is 0.408 e. The lowest BCUT2D eigenvalue weighted by molar-refractivity contribution is -0.143. The third-order valence-electron chi connectivity index (χ3n) is 10.5. The second-order valence-electron chi connectivity index (χ2n) is 17.3. The third-order valence-corrected chi connectivity index (χ3v) is 11.9. The van der Waals surface area contributed by atoms with Gasteiger partial charge in [0.25, 0.3) is 15.9 Å². The van der Waals surface area contributed by atoms with Crippen molar-refractivity contribution in [1.29, 1.82) is 5.26 Å². The Bertz CT molecular complexity index is 2510. The number of pyridine rings is 1. The van der Waals surface area contributed by atoms with Crippen LogP contribution in [0.25, 0.3) is 22.2 Å². The number of carbonyl (C=O) groups excluding carboxylic acids is 4. The number of rotatable bonds is 12. The van der Waals surface area contributed by atoms with Gasteiger partial charge in [-0.2, -0.15) is 5.26 Å². The number of carbonyl (C=O) groups is 4. The number of fused-ring (bicyclic) bond motifs is 1. The van der Waals surface area contributed by atoms with Gasteiger partial charge in [-0.3, -0.25) is 14.4 Å². The average Bonchev–Trinajstić information content (AvgIpc) is 3.77. The zero-order valence-corrected chi connectivity index (χ0v) is 36.0. The highest BCUT2D eigenvalue weighted by Crippen LogP contribution is 2.45. The summed E-state index contributed by atoms with van der Waals surface area (Å²) in [6, 6.07) is 21.2. The van der Waals surface area contributed by atoms with Gasteiger partial charge in [-0.1, -0.05) is 57.2 Å². The minimum absolute atomic E-state index is 0.0388. The number of likely N-dealkylation sites (tertiary alicyclic amines) is 1. The van der Waals surface area contributed by atoms with Gasteiger partial charge in [0.05, 0.1) is 41.4 Å².